The molecule has 0 spiro atoms. The van der Waals surface area contributed by atoms with Gasteiger partial charge >= 0.3 is 5.97 Å². The first-order valence-corrected chi connectivity index (χ1v) is 6.59. The number of ether oxygens (including phenoxy) is 1. The monoisotopic (exact) mass is 278 g/mol. The Bertz CT molecular complexity index is 821. The van der Waals surface area contributed by atoms with E-state index in [-0.39, 0.29) is 5.75 Å². The molecule has 3 aromatic carbocycles. The van der Waals surface area contributed by atoms with Crippen LogP contribution in [-0.2, 0) is 4.79 Å². The second kappa shape index (κ2) is 4.94. The van der Waals surface area contributed by atoms with Crippen LogP contribution in [0.1, 0.15) is 6.92 Å². The number of benzene rings is 3. The third-order valence-electron chi connectivity index (χ3n) is 3.40. The fourth-order valence-corrected chi connectivity index (χ4v) is 2.36. The van der Waals surface area contributed by atoms with Crippen molar-refractivity contribution in [3.05, 3.63) is 60.7 Å². The van der Waals surface area contributed by atoms with E-state index in [4.69, 9.17) is 4.74 Å². The molecule has 3 aromatic rings. The minimum atomic E-state index is -0.476. The second-order valence-corrected chi connectivity index (χ2v) is 4.94. The quantitative estimate of drug-likeness (QED) is 0.331. The lowest BCUT2D eigenvalue weighted by Gasteiger charge is -2.13. The summed E-state index contributed by atoms with van der Waals surface area (Å²) in [4.78, 5) is 11.9. The molecule has 1 N–H and O–H groups in total. The highest BCUT2D eigenvalue weighted by Gasteiger charge is 2.16. The van der Waals surface area contributed by atoms with Crippen LogP contribution < -0.4 is 4.74 Å². The van der Waals surface area contributed by atoms with E-state index in [1.54, 1.807) is 19.1 Å². The van der Waals surface area contributed by atoms with E-state index < -0.39 is 5.97 Å². The number of fused-ring (bicyclic) bond motifs is 2. The van der Waals surface area contributed by atoms with Gasteiger partial charge in [-0.1, -0.05) is 55.1 Å². The summed E-state index contributed by atoms with van der Waals surface area (Å²) in [5.74, 6) is 0.166. The van der Waals surface area contributed by atoms with Gasteiger partial charge < -0.3 is 9.84 Å². The number of phenols is 1. The molecule has 21 heavy (non-hydrogen) atoms. The first-order chi connectivity index (χ1) is 10.1. The van der Waals surface area contributed by atoms with Crippen molar-refractivity contribution in [1.82, 2.24) is 0 Å². The fraction of sp³-hybridized carbons (Fsp3) is 0.0556. The SMILES string of the molecule is C=C(C)C(=O)Oc1c2ccccc2c(O)c2ccccc12. The minimum Gasteiger partial charge on any atom is -0.507 e. The van der Waals surface area contributed by atoms with Crippen LogP contribution >= 0.6 is 0 Å². The van der Waals surface area contributed by atoms with E-state index >= 15 is 0 Å². The largest absolute Gasteiger partial charge is 0.507 e. The predicted molar refractivity (Wildman–Crippen MR) is 83.6 cm³/mol. The van der Waals surface area contributed by atoms with Gasteiger partial charge in [0.2, 0.25) is 0 Å². The van der Waals surface area contributed by atoms with Crippen LogP contribution in [0, 0.1) is 0 Å². The second-order valence-electron chi connectivity index (χ2n) is 4.94. The Morgan fingerprint density at radius 3 is 1.81 bits per heavy atom. The molecule has 0 amide bonds. The zero-order valence-electron chi connectivity index (χ0n) is 11.6. The van der Waals surface area contributed by atoms with Crippen molar-refractivity contribution in [2.24, 2.45) is 0 Å². The Morgan fingerprint density at radius 2 is 1.38 bits per heavy atom. The van der Waals surface area contributed by atoms with Crippen LogP contribution in [0.3, 0.4) is 0 Å². The average Bonchev–Trinajstić information content (AvgIpc) is 2.51. The Morgan fingerprint density at radius 1 is 0.952 bits per heavy atom. The standard InChI is InChI=1S/C18H14O3/c1-11(2)18(20)21-17-14-9-5-3-7-12(14)16(19)13-8-4-6-10-15(13)17/h3-10,19H,1H2,2H3. The summed E-state index contributed by atoms with van der Waals surface area (Å²) in [6, 6.07) is 14.6. The van der Waals surface area contributed by atoms with Crippen molar-refractivity contribution in [3.8, 4) is 11.5 Å². The van der Waals surface area contributed by atoms with Crippen LogP contribution in [0.2, 0.25) is 0 Å². The molecule has 0 atom stereocenters. The van der Waals surface area contributed by atoms with Gasteiger partial charge in [-0.3, -0.25) is 0 Å². The van der Waals surface area contributed by atoms with E-state index in [0.29, 0.717) is 32.9 Å². The number of hydrogen-bond acceptors (Lipinski definition) is 3. The molecular formula is C18H14O3. The third-order valence-corrected chi connectivity index (χ3v) is 3.40. The molecule has 0 radical (unpaired) electrons. The summed E-state index contributed by atoms with van der Waals surface area (Å²) in [7, 11) is 0. The number of phenolic OH excluding ortho intramolecular Hbond substituents is 1. The number of hydrogen-bond donors (Lipinski definition) is 1. The van der Waals surface area contributed by atoms with E-state index in [0.717, 1.165) is 0 Å². The molecule has 3 heteroatoms. The predicted octanol–water partition coefficient (Wildman–Crippen LogP) is 4.18. The van der Waals surface area contributed by atoms with Crippen molar-refractivity contribution in [2.45, 2.75) is 6.92 Å². The van der Waals surface area contributed by atoms with E-state index in [1.807, 2.05) is 36.4 Å². The maximum atomic E-state index is 11.9. The number of aromatic hydroxyl groups is 1. The topological polar surface area (TPSA) is 46.5 Å². The summed E-state index contributed by atoms with van der Waals surface area (Å²) in [5.41, 5.74) is 0.330. The van der Waals surface area contributed by atoms with Crippen LogP contribution in [0.25, 0.3) is 21.5 Å². The molecule has 0 aliphatic rings. The highest BCUT2D eigenvalue weighted by molar-refractivity contribution is 6.12. The molecule has 104 valence electrons. The maximum absolute atomic E-state index is 11.9. The Hall–Kier alpha value is -2.81. The molecule has 3 nitrogen and oxygen atoms in total. The summed E-state index contributed by atoms with van der Waals surface area (Å²) in [5, 5.41) is 13.1. The minimum absolute atomic E-state index is 0.191. The highest BCUT2D eigenvalue weighted by atomic mass is 16.5. The zero-order valence-corrected chi connectivity index (χ0v) is 11.6. The lowest BCUT2D eigenvalue weighted by atomic mass is 10.0. The molecule has 0 aliphatic heterocycles. The van der Waals surface area contributed by atoms with Crippen LogP contribution in [0.5, 0.6) is 11.5 Å². The van der Waals surface area contributed by atoms with Gasteiger partial charge in [0, 0.05) is 27.1 Å². The molecule has 3 rings (SSSR count). The summed E-state index contributed by atoms with van der Waals surface area (Å²) in [6.07, 6.45) is 0. The summed E-state index contributed by atoms with van der Waals surface area (Å²) in [6.45, 7) is 5.21. The van der Waals surface area contributed by atoms with Gasteiger partial charge in [0.25, 0.3) is 0 Å². The van der Waals surface area contributed by atoms with Crippen LogP contribution in [0.4, 0.5) is 0 Å². The van der Waals surface area contributed by atoms with Crippen molar-refractivity contribution in [3.63, 3.8) is 0 Å². The lowest BCUT2D eigenvalue weighted by Crippen LogP contribution is -2.08. The molecule has 0 saturated heterocycles. The van der Waals surface area contributed by atoms with E-state index in [2.05, 4.69) is 6.58 Å². The van der Waals surface area contributed by atoms with Gasteiger partial charge in [-0.15, -0.1) is 0 Å². The molecule has 0 aromatic heterocycles. The molecule has 0 unspecified atom stereocenters. The summed E-state index contributed by atoms with van der Waals surface area (Å²) >= 11 is 0. The van der Waals surface area contributed by atoms with Gasteiger partial charge in [0.05, 0.1) is 0 Å². The third kappa shape index (κ3) is 2.13. The smallest absolute Gasteiger partial charge is 0.338 e. The van der Waals surface area contributed by atoms with Crippen molar-refractivity contribution >= 4 is 27.5 Å². The number of carbonyl (C=O) groups is 1. The van der Waals surface area contributed by atoms with Gasteiger partial charge in [-0.2, -0.15) is 0 Å². The Kier molecular flexibility index (Phi) is 3.10. The van der Waals surface area contributed by atoms with Crippen LogP contribution in [0.15, 0.2) is 60.7 Å². The molecule has 0 fully saturated rings. The van der Waals surface area contributed by atoms with Crippen LogP contribution in [-0.4, -0.2) is 11.1 Å². The maximum Gasteiger partial charge on any atom is 0.338 e. The van der Waals surface area contributed by atoms with E-state index in [9.17, 15) is 9.90 Å². The molecular weight excluding hydrogens is 264 g/mol. The van der Waals surface area contributed by atoms with Gasteiger partial charge in [-0.25, -0.2) is 4.79 Å². The molecule has 0 heterocycles. The first-order valence-electron chi connectivity index (χ1n) is 6.59. The first kappa shape index (κ1) is 13.2. The zero-order chi connectivity index (χ0) is 15.0. The number of carbonyl (C=O) groups excluding carboxylic acids is 1. The van der Waals surface area contributed by atoms with Gasteiger partial charge in [0.15, 0.2) is 0 Å². The summed E-state index contributed by atoms with van der Waals surface area (Å²) < 4.78 is 5.51. The van der Waals surface area contributed by atoms with Crippen molar-refractivity contribution < 1.29 is 14.6 Å². The molecule has 0 saturated carbocycles. The average molecular weight is 278 g/mol. The fourth-order valence-electron chi connectivity index (χ4n) is 2.36. The van der Waals surface area contributed by atoms with Crippen molar-refractivity contribution in [1.29, 1.82) is 0 Å². The lowest BCUT2D eigenvalue weighted by molar-refractivity contribution is -0.129. The number of esters is 1. The van der Waals surface area contributed by atoms with E-state index in [1.165, 1.54) is 0 Å². The Labute approximate surface area is 122 Å². The number of rotatable bonds is 2. The van der Waals surface area contributed by atoms with Crippen molar-refractivity contribution in [2.75, 3.05) is 0 Å². The molecule has 0 bridgehead atoms. The van der Waals surface area contributed by atoms with Gasteiger partial charge in [0.1, 0.15) is 11.5 Å². The highest BCUT2D eigenvalue weighted by Crippen LogP contribution is 2.41. The molecule has 0 aliphatic carbocycles. The van der Waals surface area contributed by atoms with Gasteiger partial charge in [-0.05, 0) is 6.92 Å². The normalized spacial score (nSPS) is 10.7. The Balaban J connectivity index is 2.40.